The molecule has 0 heterocycles. The molecule has 56 valence electrons. The highest BCUT2D eigenvalue weighted by Gasteiger charge is 1.80. The fraction of sp³-hybridized carbons (Fsp3) is 0.400. The average molecular weight is 136 g/mol. The Hall–Kier alpha value is -0.780. The van der Waals surface area contributed by atoms with E-state index in [1.165, 1.54) is 11.1 Å². The van der Waals surface area contributed by atoms with Crippen LogP contribution in [0, 0.1) is 0 Å². The second-order valence-electron chi connectivity index (χ2n) is 2.42. The largest absolute Gasteiger partial charge is 0.0874 e. The van der Waals surface area contributed by atoms with Gasteiger partial charge >= 0.3 is 0 Å². The highest BCUT2D eigenvalue weighted by molar-refractivity contribution is 5.26. The van der Waals surface area contributed by atoms with Crippen LogP contribution in [0.4, 0.5) is 0 Å². The molecule has 0 aromatic carbocycles. The van der Waals surface area contributed by atoms with Crippen LogP contribution in [0.15, 0.2) is 35.5 Å². The maximum absolute atomic E-state index is 2.17. The van der Waals surface area contributed by atoms with Gasteiger partial charge in [-0.15, -0.1) is 0 Å². The highest BCUT2D eigenvalue weighted by Crippen LogP contribution is 2.01. The number of rotatable bonds is 2. The second-order valence-corrected chi connectivity index (χ2v) is 2.42. The van der Waals surface area contributed by atoms with Gasteiger partial charge in [-0.1, -0.05) is 35.5 Å². The fourth-order valence-corrected chi connectivity index (χ4v) is 0.753. The second kappa shape index (κ2) is 5.04. The van der Waals surface area contributed by atoms with Crippen molar-refractivity contribution < 1.29 is 0 Å². The Morgan fingerprint density at radius 3 is 2.00 bits per heavy atom. The van der Waals surface area contributed by atoms with Crippen molar-refractivity contribution >= 4 is 0 Å². The SMILES string of the molecule is C\C=C/C(C)=C/C(C)=C/C. The van der Waals surface area contributed by atoms with E-state index in [4.69, 9.17) is 0 Å². The Morgan fingerprint density at radius 2 is 1.60 bits per heavy atom. The molecule has 0 unspecified atom stereocenters. The van der Waals surface area contributed by atoms with E-state index in [2.05, 4.69) is 45.1 Å². The van der Waals surface area contributed by atoms with Crippen molar-refractivity contribution in [2.45, 2.75) is 27.7 Å². The average Bonchev–Trinajstić information content (AvgIpc) is 1.88. The molecule has 0 saturated heterocycles. The summed E-state index contributed by atoms with van der Waals surface area (Å²) in [4.78, 5) is 0. The Bertz CT molecular complexity index is 168. The first kappa shape index (κ1) is 9.22. The van der Waals surface area contributed by atoms with E-state index in [0.29, 0.717) is 0 Å². The highest BCUT2D eigenvalue weighted by atomic mass is 13.9. The summed E-state index contributed by atoms with van der Waals surface area (Å²) in [6.45, 7) is 8.29. The van der Waals surface area contributed by atoms with Crippen molar-refractivity contribution in [2.75, 3.05) is 0 Å². The van der Waals surface area contributed by atoms with Crippen LogP contribution in [0.25, 0.3) is 0 Å². The Morgan fingerprint density at radius 1 is 1.00 bits per heavy atom. The summed E-state index contributed by atoms with van der Waals surface area (Å²) < 4.78 is 0. The van der Waals surface area contributed by atoms with E-state index < -0.39 is 0 Å². The zero-order chi connectivity index (χ0) is 7.98. The van der Waals surface area contributed by atoms with Crippen molar-refractivity contribution in [2.24, 2.45) is 0 Å². The minimum atomic E-state index is 1.30. The van der Waals surface area contributed by atoms with Gasteiger partial charge in [-0.3, -0.25) is 0 Å². The van der Waals surface area contributed by atoms with Gasteiger partial charge in [-0.05, 0) is 27.7 Å². The van der Waals surface area contributed by atoms with Crippen LogP contribution in [-0.2, 0) is 0 Å². The predicted octanol–water partition coefficient (Wildman–Crippen LogP) is 3.48. The molecule has 0 bridgehead atoms. The van der Waals surface area contributed by atoms with Gasteiger partial charge in [0.15, 0.2) is 0 Å². The van der Waals surface area contributed by atoms with Crippen LogP contribution in [0.2, 0.25) is 0 Å². The number of hydrogen-bond acceptors (Lipinski definition) is 0. The van der Waals surface area contributed by atoms with Gasteiger partial charge in [0.2, 0.25) is 0 Å². The molecule has 0 aliphatic carbocycles. The Kier molecular flexibility index (Phi) is 4.65. The molecule has 10 heavy (non-hydrogen) atoms. The van der Waals surface area contributed by atoms with E-state index in [9.17, 15) is 0 Å². The van der Waals surface area contributed by atoms with Gasteiger partial charge in [0.05, 0.1) is 0 Å². The van der Waals surface area contributed by atoms with E-state index >= 15 is 0 Å². The first-order valence-electron chi connectivity index (χ1n) is 3.64. The third-order valence-electron chi connectivity index (χ3n) is 1.34. The van der Waals surface area contributed by atoms with Crippen molar-refractivity contribution in [3.05, 3.63) is 35.5 Å². The summed E-state index contributed by atoms with van der Waals surface area (Å²) in [5.74, 6) is 0. The van der Waals surface area contributed by atoms with E-state index in [1.54, 1.807) is 0 Å². The maximum atomic E-state index is 2.17. The minimum Gasteiger partial charge on any atom is -0.0874 e. The van der Waals surface area contributed by atoms with Gasteiger partial charge in [0.25, 0.3) is 0 Å². The van der Waals surface area contributed by atoms with Gasteiger partial charge in [0, 0.05) is 0 Å². The summed E-state index contributed by atoms with van der Waals surface area (Å²) in [5.41, 5.74) is 2.62. The van der Waals surface area contributed by atoms with E-state index in [0.717, 1.165) is 0 Å². The molecule has 0 saturated carbocycles. The van der Waals surface area contributed by atoms with E-state index in [-0.39, 0.29) is 0 Å². The third-order valence-corrected chi connectivity index (χ3v) is 1.34. The lowest BCUT2D eigenvalue weighted by molar-refractivity contribution is 1.41. The third kappa shape index (κ3) is 4.13. The smallest absolute Gasteiger partial charge is 0.0398 e. The molecular weight excluding hydrogens is 120 g/mol. The van der Waals surface area contributed by atoms with Crippen LogP contribution in [0.1, 0.15) is 27.7 Å². The summed E-state index contributed by atoms with van der Waals surface area (Å²) >= 11 is 0. The lowest BCUT2D eigenvalue weighted by Gasteiger charge is -1.91. The zero-order valence-electron chi connectivity index (χ0n) is 7.31. The lowest BCUT2D eigenvalue weighted by Crippen LogP contribution is -1.70. The van der Waals surface area contributed by atoms with Crippen LogP contribution >= 0.6 is 0 Å². The molecule has 0 heteroatoms. The summed E-state index contributed by atoms with van der Waals surface area (Å²) in [6, 6.07) is 0. The monoisotopic (exact) mass is 136 g/mol. The van der Waals surface area contributed by atoms with Crippen molar-refractivity contribution in [3.63, 3.8) is 0 Å². The van der Waals surface area contributed by atoms with Crippen molar-refractivity contribution in [1.29, 1.82) is 0 Å². The van der Waals surface area contributed by atoms with Gasteiger partial charge in [-0.25, -0.2) is 0 Å². The summed E-state index contributed by atoms with van der Waals surface area (Å²) in [6.07, 6.45) is 8.43. The molecule has 0 aliphatic heterocycles. The maximum Gasteiger partial charge on any atom is -0.0398 e. The number of allylic oxidation sites excluding steroid dienone is 6. The van der Waals surface area contributed by atoms with Crippen LogP contribution in [0.5, 0.6) is 0 Å². The van der Waals surface area contributed by atoms with E-state index in [1.807, 2.05) is 6.92 Å². The molecule has 0 amide bonds. The van der Waals surface area contributed by atoms with Gasteiger partial charge in [0.1, 0.15) is 0 Å². The summed E-state index contributed by atoms with van der Waals surface area (Å²) in [7, 11) is 0. The van der Waals surface area contributed by atoms with Crippen molar-refractivity contribution in [1.82, 2.24) is 0 Å². The topological polar surface area (TPSA) is 0 Å². The standard InChI is InChI=1S/C10H16/c1-5-7-10(4)8-9(3)6-2/h5-8H,1-4H3/b7-5-,9-6+,10-8+. The van der Waals surface area contributed by atoms with Crippen LogP contribution in [-0.4, -0.2) is 0 Å². The molecule has 0 aliphatic rings. The number of hydrogen-bond donors (Lipinski definition) is 0. The Balaban J connectivity index is 4.16. The molecule has 0 nitrogen and oxygen atoms in total. The minimum absolute atomic E-state index is 1.30. The Labute approximate surface area is 64.0 Å². The molecular formula is C10H16. The molecule has 0 atom stereocenters. The normalized spacial score (nSPS) is 14.8. The van der Waals surface area contributed by atoms with Crippen molar-refractivity contribution in [3.8, 4) is 0 Å². The molecule has 0 aromatic rings. The molecule has 0 fully saturated rings. The van der Waals surface area contributed by atoms with Crippen LogP contribution in [0.3, 0.4) is 0 Å². The van der Waals surface area contributed by atoms with Gasteiger partial charge < -0.3 is 0 Å². The molecule has 0 radical (unpaired) electrons. The molecule has 0 N–H and O–H groups in total. The predicted molar refractivity (Wildman–Crippen MR) is 48.0 cm³/mol. The zero-order valence-corrected chi connectivity index (χ0v) is 7.31. The quantitative estimate of drug-likeness (QED) is 0.510. The van der Waals surface area contributed by atoms with Crippen LogP contribution < -0.4 is 0 Å². The fourth-order valence-electron chi connectivity index (χ4n) is 0.753. The molecule has 0 rings (SSSR count). The first-order valence-corrected chi connectivity index (χ1v) is 3.64. The summed E-state index contributed by atoms with van der Waals surface area (Å²) in [5, 5.41) is 0. The molecule has 0 aromatic heterocycles. The first-order chi connectivity index (χ1) is 4.70. The van der Waals surface area contributed by atoms with Gasteiger partial charge in [-0.2, -0.15) is 0 Å². The molecule has 0 spiro atoms. The lowest BCUT2D eigenvalue weighted by atomic mass is 10.2.